The number of amides is 1. The zero-order valence-corrected chi connectivity index (χ0v) is 22.6. The highest BCUT2D eigenvalue weighted by atomic mass is 16.5. The number of likely N-dealkylation sites (tertiary alicyclic amines) is 1. The van der Waals surface area contributed by atoms with Gasteiger partial charge in [0, 0.05) is 43.4 Å². The van der Waals surface area contributed by atoms with Crippen molar-refractivity contribution in [2.45, 2.75) is 44.9 Å². The average Bonchev–Trinajstić information content (AvgIpc) is 2.94. The average molecular weight is 527 g/mol. The number of rotatable bonds is 8. The normalized spacial score (nSPS) is 14.7. The number of nitrogens with zero attached hydrogens (tertiary/aromatic N) is 1. The van der Waals surface area contributed by atoms with Crippen LogP contribution in [0.15, 0.2) is 88.1 Å². The zero-order chi connectivity index (χ0) is 27.4. The highest BCUT2D eigenvalue weighted by Gasteiger charge is 2.32. The SMILES string of the molecule is COc1ccc(CN2CCC(NC(=O)C(C)(C)Oc3ccc4c(=O)cc(-c5ccccc5)oc4c3)CC2)cc1. The molecule has 0 unspecified atom stereocenters. The lowest BCUT2D eigenvalue weighted by Gasteiger charge is -2.34. The fourth-order valence-electron chi connectivity index (χ4n) is 4.87. The second kappa shape index (κ2) is 11.3. The molecule has 1 saturated heterocycles. The van der Waals surface area contributed by atoms with Gasteiger partial charge in [-0.25, -0.2) is 0 Å². The summed E-state index contributed by atoms with van der Waals surface area (Å²) in [5.41, 5.74) is 1.24. The smallest absolute Gasteiger partial charge is 0.263 e. The van der Waals surface area contributed by atoms with E-state index in [4.69, 9.17) is 13.9 Å². The summed E-state index contributed by atoms with van der Waals surface area (Å²) in [7, 11) is 1.67. The largest absolute Gasteiger partial charge is 0.497 e. The first kappa shape index (κ1) is 26.5. The van der Waals surface area contributed by atoms with E-state index >= 15 is 0 Å². The topological polar surface area (TPSA) is 81.0 Å². The van der Waals surface area contributed by atoms with E-state index in [1.165, 1.54) is 11.6 Å². The molecule has 0 atom stereocenters. The van der Waals surface area contributed by atoms with Gasteiger partial charge in [0.05, 0.1) is 12.5 Å². The Balaban J connectivity index is 1.20. The van der Waals surface area contributed by atoms with Crippen molar-refractivity contribution in [2.75, 3.05) is 20.2 Å². The Kier molecular flexibility index (Phi) is 7.70. The molecule has 1 aliphatic heterocycles. The van der Waals surface area contributed by atoms with E-state index in [1.807, 2.05) is 42.5 Å². The predicted octanol–water partition coefficient (Wildman–Crippen LogP) is 5.41. The molecule has 0 bridgehead atoms. The predicted molar refractivity (Wildman–Crippen MR) is 152 cm³/mol. The Morgan fingerprint density at radius 3 is 2.36 bits per heavy atom. The summed E-state index contributed by atoms with van der Waals surface area (Å²) in [5, 5.41) is 3.64. The van der Waals surface area contributed by atoms with E-state index in [0.29, 0.717) is 22.5 Å². The number of methoxy groups -OCH3 is 1. The molecule has 2 heterocycles. The van der Waals surface area contributed by atoms with Crippen LogP contribution in [0.1, 0.15) is 32.3 Å². The first-order chi connectivity index (χ1) is 18.8. The molecule has 7 nitrogen and oxygen atoms in total. The van der Waals surface area contributed by atoms with Crippen molar-refractivity contribution in [1.82, 2.24) is 10.2 Å². The molecule has 202 valence electrons. The van der Waals surface area contributed by atoms with Crippen LogP contribution in [-0.2, 0) is 11.3 Å². The van der Waals surface area contributed by atoms with E-state index in [1.54, 1.807) is 39.2 Å². The Labute approximate surface area is 228 Å². The first-order valence-corrected chi connectivity index (χ1v) is 13.3. The number of piperidine rings is 1. The summed E-state index contributed by atoms with van der Waals surface area (Å²) < 4.78 is 17.4. The minimum atomic E-state index is -1.11. The molecule has 0 aliphatic carbocycles. The molecule has 3 aromatic carbocycles. The van der Waals surface area contributed by atoms with E-state index in [9.17, 15) is 9.59 Å². The first-order valence-electron chi connectivity index (χ1n) is 13.3. The minimum Gasteiger partial charge on any atom is -0.497 e. The van der Waals surface area contributed by atoms with Crippen LogP contribution < -0.4 is 20.2 Å². The third-order valence-corrected chi connectivity index (χ3v) is 7.17. The molecular formula is C32H34N2O5. The number of ether oxygens (including phenoxy) is 2. The highest BCUT2D eigenvalue weighted by molar-refractivity contribution is 5.85. The summed E-state index contributed by atoms with van der Waals surface area (Å²) in [6.07, 6.45) is 1.75. The van der Waals surface area contributed by atoms with E-state index in [-0.39, 0.29) is 17.4 Å². The van der Waals surface area contributed by atoms with E-state index in [2.05, 4.69) is 22.3 Å². The maximum absolute atomic E-state index is 13.2. The Bertz CT molecular complexity index is 1490. The van der Waals surface area contributed by atoms with Gasteiger partial charge in [0.1, 0.15) is 22.8 Å². The van der Waals surface area contributed by atoms with Crippen LogP contribution in [0.3, 0.4) is 0 Å². The molecule has 1 amide bonds. The van der Waals surface area contributed by atoms with Crippen molar-refractivity contribution in [3.63, 3.8) is 0 Å². The van der Waals surface area contributed by atoms with Crippen molar-refractivity contribution in [2.24, 2.45) is 0 Å². The Hall–Kier alpha value is -4.10. The number of carbonyl (C=O) groups excluding carboxylic acids is 1. The zero-order valence-electron chi connectivity index (χ0n) is 22.6. The van der Waals surface area contributed by atoms with Crippen molar-refractivity contribution in [1.29, 1.82) is 0 Å². The van der Waals surface area contributed by atoms with Gasteiger partial charge in [0.25, 0.3) is 5.91 Å². The number of fused-ring (bicyclic) bond motifs is 1. The monoisotopic (exact) mass is 526 g/mol. The summed E-state index contributed by atoms with van der Waals surface area (Å²) >= 11 is 0. The molecule has 1 aromatic heterocycles. The lowest BCUT2D eigenvalue weighted by atomic mass is 10.0. The van der Waals surface area contributed by atoms with E-state index < -0.39 is 5.60 Å². The van der Waals surface area contributed by atoms with Gasteiger partial charge in [-0.3, -0.25) is 14.5 Å². The number of benzene rings is 3. The van der Waals surface area contributed by atoms with Gasteiger partial charge < -0.3 is 19.2 Å². The van der Waals surface area contributed by atoms with Crippen molar-refractivity contribution >= 4 is 16.9 Å². The van der Waals surface area contributed by atoms with Crippen molar-refractivity contribution in [3.8, 4) is 22.8 Å². The van der Waals surface area contributed by atoms with Gasteiger partial charge in [-0.1, -0.05) is 42.5 Å². The lowest BCUT2D eigenvalue weighted by molar-refractivity contribution is -0.135. The number of carbonyl (C=O) groups is 1. The van der Waals surface area contributed by atoms with Gasteiger partial charge in [0.2, 0.25) is 0 Å². The van der Waals surface area contributed by atoms with Crippen molar-refractivity contribution in [3.05, 3.63) is 94.6 Å². The van der Waals surface area contributed by atoms with Gasteiger partial charge in [-0.05, 0) is 56.5 Å². The maximum atomic E-state index is 13.2. The van der Waals surface area contributed by atoms with Crippen LogP contribution in [0.5, 0.6) is 11.5 Å². The van der Waals surface area contributed by atoms with Crippen molar-refractivity contribution < 1.29 is 18.7 Å². The maximum Gasteiger partial charge on any atom is 0.263 e. The fourth-order valence-corrected chi connectivity index (χ4v) is 4.87. The molecule has 39 heavy (non-hydrogen) atoms. The van der Waals surface area contributed by atoms with Crippen LogP contribution in [0, 0.1) is 0 Å². The molecule has 1 N–H and O–H groups in total. The molecule has 5 rings (SSSR count). The second-order valence-electron chi connectivity index (χ2n) is 10.5. The van der Waals surface area contributed by atoms with Crippen LogP contribution in [0.25, 0.3) is 22.3 Å². The van der Waals surface area contributed by atoms with Gasteiger partial charge in [-0.15, -0.1) is 0 Å². The van der Waals surface area contributed by atoms with Crippen LogP contribution in [0.4, 0.5) is 0 Å². The number of hydrogen-bond acceptors (Lipinski definition) is 6. The third-order valence-electron chi connectivity index (χ3n) is 7.17. The lowest BCUT2D eigenvalue weighted by Crippen LogP contribution is -2.52. The Morgan fingerprint density at radius 2 is 1.67 bits per heavy atom. The molecule has 4 aromatic rings. The minimum absolute atomic E-state index is 0.0931. The van der Waals surface area contributed by atoms with Crippen LogP contribution >= 0.6 is 0 Å². The molecular weight excluding hydrogens is 492 g/mol. The third kappa shape index (κ3) is 6.32. The molecule has 0 saturated carbocycles. The quantitative estimate of drug-likeness (QED) is 0.331. The van der Waals surface area contributed by atoms with Gasteiger partial charge in [-0.2, -0.15) is 0 Å². The fraction of sp³-hybridized carbons (Fsp3) is 0.312. The van der Waals surface area contributed by atoms with E-state index in [0.717, 1.165) is 43.8 Å². The summed E-state index contributed by atoms with van der Waals surface area (Å²) in [6, 6.07) is 24.3. The molecule has 0 spiro atoms. The molecule has 1 aliphatic rings. The van der Waals surface area contributed by atoms with Gasteiger partial charge >= 0.3 is 0 Å². The summed E-state index contributed by atoms with van der Waals surface area (Å²) in [4.78, 5) is 28.3. The van der Waals surface area contributed by atoms with Gasteiger partial charge in [0.15, 0.2) is 11.0 Å². The Morgan fingerprint density at radius 1 is 0.974 bits per heavy atom. The number of nitrogens with one attached hydrogen (secondary N) is 1. The molecule has 7 heteroatoms. The number of hydrogen-bond donors (Lipinski definition) is 1. The summed E-state index contributed by atoms with van der Waals surface area (Å²) in [5.74, 6) is 1.64. The second-order valence-corrected chi connectivity index (χ2v) is 10.5. The highest BCUT2D eigenvalue weighted by Crippen LogP contribution is 2.27. The molecule has 1 fully saturated rings. The molecule has 0 radical (unpaired) electrons. The standard InChI is InChI=1S/C32H34N2O5/c1-32(2,31(36)33-24-15-17-34(18-16-24)21-22-9-11-25(37-3)12-10-22)39-26-13-14-27-28(35)20-29(38-30(27)19-26)23-7-5-4-6-8-23/h4-14,19-20,24H,15-18,21H2,1-3H3,(H,33,36). The van der Waals surface area contributed by atoms with Crippen LogP contribution in [0.2, 0.25) is 0 Å². The summed E-state index contributed by atoms with van der Waals surface area (Å²) in [6.45, 7) is 6.20. The van der Waals surface area contributed by atoms with Crippen LogP contribution in [-0.4, -0.2) is 42.6 Å².